The maximum Gasteiger partial charge on any atom is 0.243 e. The standard InChI is InChI=1S/C13H15NO4S/c1-14(8-12-5-6-18-10-12)19(16,17)13-4-2-3-11(7-13)9-15/h2-7,10,15H,8-9H2,1H3. The van der Waals surface area contributed by atoms with Gasteiger partial charge in [-0.1, -0.05) is 12.1 Å². The van der Waals surface area contributed by atoms with E-state index in [1.807, 2.05) is 0 Å². The van der Waals surface area contributed by atoms with Gasteiger partial charge in [-0.3, -0.25) is 0 Å². The van der Waals surface area contributed by atoms with Crippen molar-refractivity contribution in [3.63, 3.8) is 0 Å². The number of hydrogen-bond acceptors (Lipinski definition) is 4. The number of aliphatic hydroxyl groups excluding tert-OH is 1. The molecule has 0 aliphatic heterocycles. The number of benzene rings is 1. The maximum atomic E-state index is 12.3. The van der Waals surface area contributed by atoms with Gasteiger partial charge in [-0.25, -0.2) is 8.42 Å². The van der Waals surface area contributed by atoms with E-state index >= 15 is 0 Å². The minimum absolute atomic E-state index is 0.171. The van der Waals surface area contributed by atoms with Crippen LogP contribution in [-0.4, -0.2) is 24.9 Å². The summed E-state index contributed by atoms with van der Waals surface area (Å²) in [5.74, 6) is 0. The third-order valence-electron chi connectivity index (χ3n) is 2.77. The Kier molecular flexibility index (Phi) is 4.04. The van der Waals surface area contributed by atoms with Crippen molar-refractivity contribution in [2.24, 2.45) is 0 Å². The van der Waals surface area contributed by atoms with Gasteiger partial charge in [0, 0.05) is 19.2 Å². The smallest absolute Gasteiger partial charge is 0.243 e. The number of sulfonamides is 1. The Morgan fingerprint density at radius 1 is 1.26 bits per heavy atom. The van der Waals surface area contributed by atoms with Crippen LogP contribution in [0.15, 0.2) is 52.2 Å². The van der Waals surface area contributed by atoms with Gasteiger partial charge in [0.1, 0.15) is 0 Å². The number of nitrogens with zero attached hydrogens (tertiary/aromatic N) is 1. The van der Waals surface area contributed by atoms with Gasteiger partial charge in [0.15, 0.2) is 0 Å². The number of hydrogen-bond donors (Lipinski definition) is 1. The van der Waals surface area contributed by atoms with Gasteiger partial charge in [0.2, 0.25) is 10.0 Å². The molecule has 1 N–H and O–H groups in total. The molecule has 0 radical (unpaired) electrons. The predicted molar refractivity (Wildman–Crippen MR) is 69.7 cm³/mol. The Labute approximate surface area is 112 Å². The van der Waals surface area contributed by atoms with Crippen LogP contribution in [0.3, 0.4) is 0 Å². The number of aliphatic hydroxyl groups is 1. The molecule has 0 aliphatic carbocycles. The van der Waals surface area contributed by atoms with E-state index in [0.29, 0.717) is 5.56 Å². The Morgan fingerprint density at radius 3 is 2.68 bits per heavy atom. The van der Waals surface area contributed by atoms with Crippen molar-refractivity contribution in [3.8, 4) is 0 Å². The van der Waals surface area contributed by atoms with Gasteiger partial charge in [-0.05, 0) is 23.8 Å². The van der Waals surface area contributed by atoms with Crippen LogP contribution in [0.5, 0.6) is 0 Å². The lowest BCUT2D eigenvalue weighted by Gasteiger charge is -2.16. The van der Waals surface area contributed by atoms with Crippen LogP contribution in [0, 0.1) is 0 Å². The predicted octanol–water partition coefficient (Wildman–Crippen LogP) is 1.59. The molecule has 19 heavy (non-hydrogen) atoms. The molecular formula is C13H15NO4S. The Balaban J connectivity index is 2.25. The number of furan rings is 1. The monoisotopic (exact) mass is 281 g/mol. The summed E-state index contributed by atoms with van der Waals surface area (Å²) in [5.41, 5.74) is 1.35. The first-order chi connectivity index (χ1) is 9.04. The summed E-state index contributed by atoms with van der Waals surface area (Å²) >= 11 is 0. The molecule has 2 aromatic rings. The Morgan fingerprint density at radius 2 is 2.05 bits per heavy atom. The zero-order valence-corrected chi connectivity index (χ0v) is 11.3. The molecule has 1 aromatic carbocycles. The summed E-state index contributed by atoms with van der Waals surface area (Å²) in [6, 6.07) is 8.00. The van der Waals surface area contributed by atoms with Gasteiger partial charge in [-0.2, -0.15) is 4.31 Å². The molecule has 0 saturated heterocycles. The summed E-state index contributed by atoms with van der Waals surface area (Å²) in [7, 11) is -2.06. The molecule has 0 spiro atoms. The first-order valence-electron chi connectivity index (χ1n) is 5.71. The molecule has 6 heteroatoms. The largest absolute Gasteiger partial charge is 0.472 e. The first-order valence-corrected chi connectivity index (χ1v) is 7.15. The molecule has 2 rings (SSSR count). The van der Waals surface area contributed by atoms with Gasteiger partial charge >= 0.3 is 0 Å². The molecule has 0 fully saturated rings. The van der Waals surface area contributed by atoms with Crippen molar-refractivity contribution >= 4 is 10.0 Å². The van der Waals surface area contributed by atoms with Crippen LogP contribution >= 0.6 is 0 Å². The molecular weight excluding hydrogens is 266 g/mol. The second-order valence-corrected chi connectivity index (χ2v) is 6.24. The maximum absolute atomic E-state index is 12.3. The van der Waals surface area contributed by atoms with E-state index in [1.165, 1.54) is 36.0 Å². The van der Waals surface area contributed by atoms with E-state index in [0.717, 1.165) is 5.56 Å². The quantitative estimate of drug-likeness (QED) is 0.903. The van der Waals surface area contributed by atoms with E-state index in [-0.39, 0.29) is 18.0 Å². The summed E-state index contributed by atoms with van der Waals surface area (Å²) < 4.78 is 30.8. The average molecular weight is 281 g/mol. The highest BCUT2D eigenvalue weighted by atomic mass is 32.2. The van der Waals surface area contributed by atoms with Crippen molar-refractivity contribution in [1.29, 1.82) is 0 Å². The molecule has 1 aromatic heterocycles. The molecule has 0 unspecified atom stereocenters. The van der Waals surface area contributed by atoms with Gasteiger partial charge in [-0.15, -0.1) is 0 Å². The third kappa shape index (κ3) is 3.04. The molecule has 0 saturated carbocycles. The molecule has 0 amide bonds. The van der Waals surface area contributed by atoms with E-state index in [1.54, 1.807) is 18.2 Å². The van der Waals surface area contributed by atoms with Crippen LogP contribution in [0.25, 0.3) is 0 Å². The zero-order valence-electron chi connectivity index (χ0n) is 10.5. The van der Waals surface area contributed by atoms with Crippen molar-refractivity contribution in [3.05, 3.63) is 54.0 Å². The van der Waals surface area contributed by atoms with Crippen molar-refractivity contribution < 1.29 is 17.9 Å². The first kappa shape index (κ1) is 13.8. The van der Waals surface area contributed by atoms with Crippen LogP contribution < -0.4 is 0 Å². The Hall–Kier alpha value is -1.63. The Bertz CT molecular complexity index is 634. The van der Waals surface area contributed by atoms with Crippen LogP contribution in [-0.2, 0) is 23.2 Å². The van der Waals surface area contributed by atoms with Crippen LogP contribution in [0.4, 0.5) is 0 Å². The normalized spacial score (nSPS) is 11.9. The second kappa shape index (κ2) is 5.56. The average Bonchev–Trinajstić information content (AvgIpc) is 2.91. The lowest BCUT2D eigenvalue weighted by Crippen LogP contribution is -2.26. The fraction of sp³-hybridized carbons (Fsp3) is 0.231. The summed E-state index contributed by atoms with van der Waals surface area (Å²) in [4.78, 5) is 0.171. The van der Waals surface area contributed by atoms with E-state index in [4.69, 9.17) is 9.52 Å². The molecule has 102 valence electrons. The van der Waals surface area contributed by atoms with E-state index in [2.05, 4.69) is 0 Å². The summed E-state index contributed by atoms with van der Waals surface area (Å²) in [5, 5.41) is 9.05. The molecule has 0 bridgehead atoms. The fourth-order valence-corrected chi connectivity index (χ4v) is 2.94. The topological polar surface area (TPSA) is 70.8 Å². The fourth-order valence-electron chi connectivity index (χ4n) is 1.71. The minimum atomic E-state index is -3.57. The van der Waals surface area contributed by atoms with Crippen LogP contribution in [0.2, 0.25) is 0 Å². The van der Waals surface area contributed by atoms with Gasteiger partial charge in [0.05, 0.1) is 24.0 Å². The van der Waals surface area contributed by atoms with E-state index in [9.17, 15) is 8.42 Å². The highest BCUT2D eigenvalue weighted by Crippen LogP contribution is 2.18. The molecule has 1 heterocycles. The van der Waals surface area contributed by atoms with Crippen molar-refractivity contribution in [2.75, 3.05) is 7.05 Å². The summed E-state index contributed by atoms with van der Waals surface area (Å²) in [6.45, 7) is 0.0526. The van der Waals surface area contributed by atoms with Crippen LogP contribution in [0.1, 0.15) is 11.1 Å². The molecule has 5 nitrogen and oxygen atoms in total. The summed E-state index contributed by atoms with van der Waals surface area (Å²) in [6.07, 6.45) is 3.01. The highest BCUT2D eigenvalue weighted by molar-refractivity contribution is 7.89. The van der Waals surface area contributed by atoms with Crippen molar-refractivity contribution in [1.82, 2.24) is 4.31 Å². The molecule has 0 aliphatic rings. The lowest BCUT2D eigenvalue weighted by atomic mass is 10.2. The van der Waals surface area contributed by atoms with Gasteiger partial charge < -0.3 is 9.52 Å². The lowest BCUT2D eigenvalue weighted by molar-refractivity contribution is 0.281. The number of rotatable bonds is 5. The molecule has 0 atom stereocenters. The minimum Gasteiger partial charge on any atom is -0.472 e. The highest BCUT2D eigenvalue weighted by Gasteiger charge is 2.21. The third-order valence-corrected chi connectivity index (χ3v) is 4.57. The zero-order chi connectivity index (χ0) is 13.9. The van der Waals surface area contributed by atoms with Crippen molar-refractivity contribution in [2.45, 2.75) is 18.0 Å². The van der Waals surface area contributed by atoms with E-state index < -0.39 is 10.0 Å². The second-order valence-electron chi connectivity index (χ2n) is 4.20. The van der Waals surface area contributed by atoms with Gasteiger partial charge in [0.25, 0.3) is 0 Å². The SMILES string of the molecule is CN(Cc1ccoc1)S(=O)(=O)c1cccc(CO)c1.